The number of nitrogens with zero attached hydrogens (tertiary/aromatic N) is 1. The van der Waals surface area contributed by atoms with E-state index in [0.29, 0.717) is 11.4 Å². The second-order valence-electron chi connectivity index (χ2n) is 3.96. The van der Waals surface area contributed by atoms with Gasteiger partial charge in [-0.15, -0.1) is 0 Å². The van der Waals surface area contributed by atoms with E-state index in [4.69, 9.17) is 5.73 Å². The van der Waals surface area contributed by atoms with Gasteiger partial charge in [0.05, 0.1) is 11.4 Å². The highest BCUT2D eigenvalue weighted by atomic mass is 32.2. The molecule has 6 nitrogen and oxygen atoms in total. The summed E-state index contributed by atoms with van der Waals surface area (Å²) in [4.78, 5) is 0.187. The van der Waals surface area contributed by atoms with Gasteiger partial charge in [-0.05, 0) is 19.8 Å². The zero-order valence-corrected chi connectivity index (χ0v) is 11.3. The van der Waals surface area contributed by atoms with E-state index >= 15 is 0 Å². The maximum atomic E-state index is 12.2. The number of H-pyrrole nitrogens is 1. The maximum Gasteiger partial charge on any atom is 0.244 e. The van der Waals surface area contributed by atoms with Crippen LogP contribution in [-0.4, -0.2) is 24.7 Å². The van der Waals surface area contributed by atoms with E-state index in [1.165, 1.54) is 0 Å². The van der Waals surface area contributed by atoms with Gasteiger partial charge in [0, 0.05) is 12.6 Å². The van der Waals surface area contributed by atoms with Gasteiger partial charge in [-0.2, -0.15) is 5.10 Å². The summed E-state index contributed by atoms with van der Waals surface area (Å²) in [5.41, 5.74) is 6.38. The van der Waals surface area contributed by atoms with Crippen molar-refractivity contribution in [3.8, 4) is 0 Å². The first-order valence-corrected chi connectivity index (χ1v) is 7.20. The standard InChI is InChI=1S/C10H20N4O2S/c1-4-8(5-2)14-17(15,16)10-7(3)12-13-9(10)6-11/h8,14H,4-6,11H2,1-3H3,(H,12,13). The van der Waals surface area contributed by atoms with Crippen LogP contribution in [0.5, 0.6) is 0 Å². The van der Waals surface area contributed by atoms with Gasteiger partial charge in [0.1, 0.15) is 4.90 Å². The normalized spacial score (nSPS) is 12.3. The molecule has 1 rings (SSSR count). The molecule has 1 heterocycles. The molecule has 98 valence electrons. The van der Waals surface area contributed by atoms with Crippen molar-refractivity contribution >= 4 is 10.0 Å². The van der Waals surface area contributed by atoms with Gasteiger partial charge in [0.2, 0.25) is 10.0 Å². The van der Waals surface area contributed by atoms with Crippen molar-refractivity contribution in [2.24, 2.45) is 5.73 Å². The monoisotopic (exact) mass is 260 g/mol. The van der Waals surface area contributed by atoms with Crippen LogP contribution in [0.15, 0.2) is 4.90 Å². The van der Waals surface area contributed by atoms with Crippen molar-refractivity contribution in [2.45, 2.75) is 51.1 Å². The van der Waals surface area contributed by atoms with Crippen molar-refractivity contribution < 1.29 is 8.42 Å². The molecule has 0 radical (unpaired) electrons. The van der Waals surface area contributed by atoms with Crippen molar-refractivity contribution in [3.63, 3.8) is 0 Å². The SMILES string of the molecule is CCC(CC)NS(=O)(=O)c1c(CN)n[nH]c1C. The Balaban J connectivity index is 3.08. The average molecular weight is 260 g/mol. The molecule has 0 aliphatic carbocycles. The third kappa shape index (κ3) is 3.05. The molecule has 4 N–H and O–H groups in total. The molecule has 1 aromatic rings. The third-order valence-electron chi connectivity index (χ3n) is 2.73. The van der Waals surface area contributed by atoms with Crippen LogP contribution in [0.25, 0.3) is 0 Å². The number of nitrogens with two attached hydrogens (primary N) is 1. The van der Waals surface area contributed by atoms with E-state index in [2.05, 4.69) is 14.9 Å². The van der Waals surface area contributed by atoms with Crippen molar-refractivity contribution in [1.82, 2.24) is 14.9 Å². The molecule has 0 spiro atoms. The lowest BCUT2D eigenvalue weighted by Gasteiger charge is -2.15. The minimum absolute atomic E-state index is 0.0556. The molecule has 0 bridgehead atoms. The zero-order chi connectivity index (χ0) is 13.1. The number of hydrogen-bond acceptors (Lipinski definition) is 4. The van der Waals surface area contributed by atoms with Crippen LogP contribution >= 0.6 is 0 Å². The van der Waals surface area contributed by atoms with E-state index in [1.807, 2.05) is 13.8 Å². The highest BCUT2D eigenvalue weighted by molar-refractivity contribution is 7.89. The summed E-state index contributed by atoms with van der Waals surface area (Å²) in [6, 6.07) is -0.0556. The first kappa shape index (κ1) is 14.1. The first-order valence-electron chi connectivity index (χ1n) is 5.72. The number of aryl methyl sites for hydroxylation is 1. The van der Waals surface area contributed by atoms with Crippen molar-refractivity contribution in [2.75, 3.05) is 0 Å². The van der Waals surface area contributed by atoms with Crippen LogP contribution in [0, 0.1) is 6.92 Å². The Morgan fingerprint density at radius 1 is 1.41 bits per heavy atom. The van der Waals surface area contributed by atoms with Crippen LogP contribution in [0.4, 0.5) is 0 Å². The van der Waals surface area contributed by atoms with E-state index in [0.717, 1.165) is 12.8 Å². The van der Waals surface area contributed by atoms with Crippen LogP contribution < -0.4 is 10.5 Å². The van der Waals surface area contributed by atoms with Gasteiger partial charge in [-0.3, -0.25) is 5.10 Å². The Morgan fingerprint density at radius 2 is 2.00 bits per heavy atom. The first-order chi connectivity index (χ1) is 7.96. The van der Waals surface area contributed by atoms with E-state index in [-0.39, 0.29) is 17.5 Å². The van der Waals surface area contributed by atoms with Crippen LogP contribution in [0.1, 0.15) is 38.1 Å². The Morgan fingerprint density at radius 3 is 2.47 bits per heavy atom. The quantitative estimate of drug-likeness (QED) is 0.698. The molecule has 0 aliphatic heterocycles. The number of hydrogen-bond donors (Lipinski definition) is 3. The summed E-state index contributed by atoms with van der Waals surface area (Å²) in [7, 11) is -3.54. The summed E-state index contributed by atoms with van der Waals surface area (Å²) < 4.78 is 27.1. The van der Waals surface area contributed by atoms with Gasteiger partial charge in [0.15, 0.2) is 0 Å². The predicted octanol–water partition coefficient (Wildman–Crippen LogP) is 0.644. The Hall–Kier alpha value is -0.920. The molecule has 0 fully saturated rings. The lowest BCUT2D eigenvalue weighted by molar-refractivity contribution is 0.529. The number of sulfonamides is 1. The summed E-state index contributed by atoms with van der Waals surface area (Å²) in [6.07, 6.45) is 1.51. The van der Waals surface area contributed by atoms with E-state index in [1.54, 1.807) is 6.92 Å². The lowest BCUT2D eigenvalue weighted by atomic mass is 10.2. The summed E-state index contributed by atoms with van der Waals surface area (Å²) >= 11 is 0. The molecule has 0 amide bonds. The second kappa shape index (κ2) is 5.61. The lowest BCUT2D eigenvalue weighted by Crippen LogP contribution is -2.34. The van der Waals surface area contributed by atoms with Crippen LogP contribution in [0.3, 0.4) is 0 Å². The minimum atomic E-state index is -3.54. The smallest absolute Gasteiger partial charge is 0.244 e. The molecule has 17 heavy (non-hydrogen) atoms. The highest BCUT2D eigenvalue weighted by Gasteiger charge is 2.25. The topological polar surface area (TPSA) is 101 Å². The maximum absolute atomic E-state index is 12.2. The van der Waals surface area contributed by atoms with E-state index in [9.17, 15) is 8.42 Å². The summed E-state index contributed by atoms with van der Waals surface area (Å²) in [5.74, 6) is 0. The minimum Gasteiger partial charge on any atom is -0.325 e. The van der Waals surface area contributed by atoms with Crippen LogP contribution in [-0.2, 0) is 16.6 Å². The molecule has 0 saturated carbocycles. The zero-order valence-electron chi connectivity index (χ0n) is 10.4. The Kier molecular flexibility index (Phi) is 4.67. The molecule has 0 saturated heterocycles. The largest absolute Gasteiger partial charge is 0.325 e. The predicted molar refractivity (Wildman–Crippen MR) is 65.9 cm³/mol. The molecule has 1 aromatic heterocycles. The molecular formula is C10H20N4O2S. The average Bonchev–Trinajstić information content (AvgIpc) is 2.68. The molecule has 0 atom stereocenters. The fourth-order valence-electron chi connectivity index (χ4n) is 1.70. The summed E-state index contributed by atoms with van der Waals surface area (Å²) in [5, 5.41) is 6.54. The highest BCUT2D eigenvalue weighted by Crippen LogP contribution is 2.18. The van der Waals surface area contributed by atoms with Gasteiger partial charge in [-0.1, -0.05) is 13.8 Å². The Labute approximate surface area is 102 Å². The molecular weight excluding hydrogens is 240 g/mol. The van der Waals surface area contributed by atoms with Gasteiger partial charge < -0.3 is 5.73 Å². The van der Waals surface area contributed by atoms with Crippen LogP contribution in [0.2, 0.25) is 0 Å². The molecule has 0 aromatic carbocycles. The van der Waals surface area contributed by atoms with E-state index < -0.39 is 10.0 Å². The number of rotatable bonds is 6. The van der Waals surface area contributed by atoms with Gasteiger partial charge >= 0.3 is 0 Å². The number of aromatic nitrogens is 2. The van der Waals surface area contributed by atoms with Gasteiger partial charge in [0.25, 0.3) is 0 Å². The summed E-state index contributed by atoms with van der Waals surface area (Å²) in [6.45, 7) is 5.67. The van der Waals surface area contributed by atoms with Gasteiger partial charge in [-0.25, -0.2) is 13.1 Å². The number of nitrogens with one attached hydrogen (secondary N) is 2. The molecule has 0 aliphatic rings. The van der Waals surface area contributed by atoms with Crippen molar-refractivity contribution in [1.29, 1.82) is 0 Å². The van der Waals surface area contributed by atoms with Crippen molar-refractivity contribution in [3.05, 3.63) is 11.4 Å². The number of aromatic amines is 1. The Bertz CT molecular complexity index is 463. The fraction of sp³-hybridized carbons (Fsp3) is 0.700. The second-order valence-corrected chi connectivity index (χ2v) is 5.61. The fourth-order valence-corrected chi connectivity index (χ4v) is 3.48. The molecule has 7 heteroatoms. The molecule has 0 unspecified atom stereocenters. The third-order valence-corrected chi connectivity index (χ3v) is 4.45.